The molecule has 0 bridgehead atoms. The van der Waals surface area contributed by atoms with Gasteiger partial charge in [-0.2, -0.15) is 0 Å². The van der Waals surface area contributed by atoms with Crippen LogP contribution >= 0.6 is 11.8 Å². The van der Waals surface area contributed by atoms with Crippen molar-refractivity contribution in [2.75, 3.05) is 18.0 Å². The van der Waals surface area contributed by atoms with E-state index in [1.54, 1.807) is 11.8 Å². The van der Waals surface area contributed by atoms with Crippen molar-refractivity contribution in [3.63, 3.8) is 0 Å². The van der Waals surface area contributed by atoms with Gasteiger partial charge >= 0.3 is 0 Å². The summed E-state index contributed by atoms with van der Waals surface area (Å²) in [6.45, 7) is 8.99. The van der Waals surface area contributed by atoms with Crippen LogP contribution in [0.5, 0.6) is 0 Å². The Hall–Kier alpha value is -1.55. The van der Waals surface area contributed by atoms with Crippen LogP contribution in [0.2, 0.25) is 0 Å². The van der Waals surface area contributed by atoms with E-state index in [-0.39, 0.29) is 0 Å². The molecule has 0 N–H and O–H groups in total. The van der Waals surface area contributed by atoms with E-state index >= 15 is 0 Å². The summed E-state index contributed by atoms with van der Waals surface area (Å²) in [4.78, 5) is 11.6. The summed E-state index contributed by atoms with van der Waals surface area (Å²) in [7, 11) is 0. The van der Waals surface area contributed by atoms with E-state index in [2.05, 4.69) is 54.9 Å². The molecular weight excluding hydrogens is 302 g/mol. The predicted molar refractivity (Wildman–Crippen MR) is 97.9 cm³/mol. The molecule has 3 rings (SSSR count). The van der Waals surface area contributed by atoms with Crippen LogP contribution in [0, 0.1) is 18.8 Å². The van der Waals surface area contributed by atoms with E-state index in [1.807, 2.05) is 12.3 Å². The van der Waals surface area contributed by atoms with Crippen LogP contribution < -0.4 is 4.90 Å². The first kappa shape index (κ1) is 16.3. The zero-order valence-electron chi connectivity index (χ0n) is 14.2. The molecule has 1 aliphatic heterocycles. The van der Waals surface area contributed by atoms with Gasteiger partial charge in [0.15, 0.2) is 5.16 Å². The van der Waals surface area contributed by atoms with Crippen LogP contribution in [0.1, 0.15) is 31.4 Å². The normalized spacial score (nSPS) is 21.4. The van der Waals surface area contributed by atoms with Crippen LogP contribution in [0.25, 0.3) is 0 Å². The van der Waals surface area contributed by atoms with Crippen LogP contribution in [0.4, 0.5) is 5.82 Å². The van der Waals surface area contributed by atoms with Crippen molar-refractivity contribution < 1.29 is 0 Å². The SMILES string of the molecule is Cc1cccc(CSc2nccc(N3CC(C)CC(C)C3)n2)c1. The molecule has 23 heavy (non-hydrogen) atoms. The molecule has 0 saturated carbocycles. The van der Waals surface area contributed by atoms with Gasteiger partial charge in [-0.15, -0.1) is 0 Å². The summed E-state index contributed by atoms with van der Waals surface area (Å²) in [5.74, 6) is 3.46. The van der Waals surface area contributed by atoms with Crippen molar-refractivity contribution in [3.05, 3.63) is 47.7 Å². The highest BCUT2D eigenvalue weighted by atomic mass is 32.2. The van der Waals surface area contributed by atoms with Gasteiger partial charge in [-0.05, 0) is 36.8 Å². The molecule has 1 fully saturated rings. The molecule has 0 amide bonds. The van der Waals surface area contributed by atoms with Gasteiger partial charge in [-0.25, -0.2) is 9.97 Å². The second-order valence-electron chi connectivity index (χ2n) is 6.83. The third kappa shape index (κ3) is 4.47. The molecule has 2 unspecified atom stereocenters. The highest BCUT2D eigenvalue weighted by molar-refractivity contribution is 7.98. The first-order chi connectivity index (χ1) is 11.1. The van der Waals surface area contributed by atoms with Crippen molar-refractivity contribution in [1.29, 1.82) is 0 Å². The molecule has 1 aliphatic rings. The van der Waals surface area contributed by atoms with E-state index < -0.39 is 0 Å². The third-order valence-corrected chi connectivity index (χ3v) is 5.19. The Morgan fingerprint density at radius 3 is 2.70 bits per heavy atom. The summed E-state index contributed by atoms with van der Waals surface area (Å²) < 4.78 is 0. The van der Waals surface area contributed by atoms with E-state index in [0.29, 0.717) is 0 Å². The molecule has 2 aromatic rings. The van der Waals surface area contributed by atoms with Crippen LogP contribution in [-0.4, -0.2) is 23.1 Å². The molecule has 2 heterocycles. The van der Waals surface area contributed by atoms with Crippen molar-refractivity contribution in [2.45, 2.75) is 38.1 Å². The third-order valence-electron chi connectivity index (χ3n) is 4.26. The van der Waals surface area contributed by atoms with Crippen molar-refractivity contribution in [1.82, 2.24) is 9.97 Å². The first-order valence-electron chi connectivity index (χ1n) is 8.36. The molecule has 1 aromatic heterocycles. The number of aromatic nitrogens is 2. The molecule has 1 saturated heterocycles. The number of aryl methyl sites for hydroxylation is 1. The number of hydrogen-bond acceptors (Lipinski definition) is 4. The number of piperidine rings is 1. The first-order valence-corrected chi connectivity index (χ1v) is 9.35. The lowest BCUT2D eigenvalue weighted by Gasteiger charge is -2.35. The van der Waals surface area contributed by atoms with Gasteiger partial charge in [0.1, 0.15) is 5.82 Å². The molecule has 1 aromatic carbocycles. The maximum atomic E-state index is 4.78. The smallest absolute Gasteiger partial charge is 0.189 e. The Kier molecular flexibility index (Phi) is 5.21. The molecule has 4 heteroatoms. The average molecular weight is 327 g/mol. The minimum Gasteiger partial charge on any atom is -0.356 e. The summed E-state index contributed by atoms with van der Waals surface area (Å²) >= 11 is 1.71. The second-order valence-corrected chi connectivity index (χ2v) is 7.77. The number of anilines is 1. The number of thioether (sulfide) groups is 1. The van der Waals surface area contributed by atoms with E-state index in [1.165, 1.54) is 17.5 Å². The van der Waals surface area contributed by atoms with Crippen molar-refractivity contribution in [2.24, 2.45) is 11.8 Å². The van der Waals surface area contributed by atoms with Gasteiger partial charge in [0.2, 0.25) is 0 Å². The highest BCUT2D eigenvalue weighted by Crippen LogP contribution is 2.27. The predicted octanol–water partition coefficient (Wildman–Crippen LogP) is 4.56. The Labute approximate surface area is 143 Å². The number of hydrogen-bond donors (Lipinski definition) is 0. The standard InChI is InChI=1S/C19H25N3S/c1-14-5-4-6-17(10-14)13-23-19-20-8-7-18(21-19)22-11-15(2)9-16(3)12-22/h4-8,10,15-16H,9,11-13H2,1-3H3. The fourth-order valence-corrected chi connectivity index (χ4v) is 4.15. The quantitative estimate of drug-likeness (QED) is 0.608. The van der Waals surface area contributed by atoms with Gasteiger partial charge in [0.25, 0.3) is 0 Å². The molecule has 0 radical (unpaired) electrons. The molecule has 2 atom stereocenters. The number of benzene rings is 1. The zero-order valence-corrected chi connectivity index (χ0v) is 15.0. The van der Waals surface area contributed by atoms with Crippen molar-refractivity contribution >= 4 is 17.6 Å². The largest absolute Gasteiger partial charge is 0.356 e. The Balaban J connectivity index is 1.67. The van der Waals surface area contributed by atoms with Crippen LogP contribution in [0.3, 0.4) is 0 Å². The van der Waals surface area contributed by atoms with Gasteiger partial charge in [0.05, 0.1) is 0 Å². The minimum absolute atomic E-state index is 0.733. The van der Waals surface area contributed by atoms with E-state index in [4.69, 9.17) is 4.98 Å². The van der Waals surface area contributed by atoms with Gasteiger partial charge < -0.3 is 4.90 Å². The molecule has 0 spiro atoms. The highest BCUT2D eigenvalue weighted by Gasteiger charge is 2.22. The maximum absolute atomic E-state index is 4.78. The topological polar surface area (TPSA) is 29.0 Å². The molecule has 3 nitrogen and oxygen atoms in total. The lowest BCUT2D eigenvalue weighted by molar-refractivity contribution is 0.355. The van der Waals surface area contributed by atoms with Crippen LogP contribution in [-0.2, 0) is 5.75 Å². The number of rotatable bonds is 4. The number of nitrogens with zero attached hydrogens (tertiary/aromatic N) is 3. The van der Waals surface area contributed by atoms with Crippen LogP contribution in [0.15, 0.2) is 41.7 Å². The Morgan fingerprint density at radius 1 is 1.17 bits per heavy atom. The zero-order chi connectivity index (χ0) is 16.2. The summed E-state index contributed by atoms with van der Waals surface area (Å²) in [5, 5.41) is 0.870. The Morgan fingerprint density at radius 2 is 1.96 bits per heavy atom. The summed E-state index contributed by atoms with van der Waals surface area (Å²) in [6, 6.07) is 10.7. The Bertz CT molecular complexity index is 649. The van der Waals surface area contributed by atoms with Gasteiger partial charge in [-0.1, -0.05) is 55.4 Å². The molecule has 122 valence electrons. The van der Waals surface area contributed by atoms with Crippen molar-refractivity contribution in [3.8, 4) is 0 Å². The molecular formula is C19H25N3S. The van der Waals surface area contributed by atoms with E-state index in [0.717, 1.165) is 41.7 Å². The lowest BCUT2D eigenvalue weighted by Crippen LogP contribution is -2.39. The average Bonchev–Trinajstić information content (AvgIpc) is 2.52. The fraction of sp³-hybridized carbons (Fsp3) is 0.474. The maximum Gasteiger partial charge on any atom is 0.189 e. The van der Waals surface area contributed by atoms with Gasteiger partial charge in [0, 0.05) is 25.0 Å². The second kappa shape index (κ2) is 7.35. The minimum atomic E-state index is 0.733. The van der Waals surface area contributed by atoms with E-state index in [9.17, 15) is 0 Å². The summed E-state index contributed by atoms with van der Waals surface area (Å²) in [5.41, 5.74) is 2.62. The molecule has 0 aliphatic carbocycles. The monoisotopic (exact) mass is 327 g/mol. The summed E-state index contributed by atoms with van der Waals surface area (Å²) in [6.07, 6.45) is 3.21. The fourth-order valence-electron chi connectivity index (χ4n) is 3.38. The van der Waals surface area contributed by atoms with Gasteiger partial charge in [-0.3, -0.25) is 0 Å². The lowest BCUT2D eigenvalue weighted by atomic mass is 9.92.